The summed E-state index contributed by atoms with van der Waals surface area (Å²) in [6.07, 6.45) is 5.83. The summed E-state index contributed by atoms with van der Waals surface area (Å²) in [7, 11) is 0. The maximum atomic E-state index is 10.5. The molecule has 1 rings (SSSR count). The molecule has 100 valence electrons. The predicted octanol–water partition coefficient (Wildman–Crippen LogP) is 1.72. The Morgan fingerprint density at radius 1 is 1.41 bits per heavy atom. The zero-order valence-electron chi connectivity index (χ0n) is 10.8. The van der Waals surface area contributed by atoms with Crippen LogP contribution in [0.2, 0.25) is 0 Å². The highest BCUT2D eigenvalue weighted by Crippen LogP contribution is 2.28. The van der Waals surface area contributed by atoms with Gasteiger partial charge in [-0.1, -0.05) is 32.6 Å². The Hall–Kier alpha value is -0.610. The lowest BCUT2D eigenvalue weighted by molar-refractivity contribution is -0.137. The maximum absolute atomic E-state index is 10.5. The minimum absolute atomic E-state index is 0.157. The molecule has 1 aliphatic carbocycles. The Bertz CT molecular complexity index is 227. The van der Waals surface area contributed by atoms with E-state index in [1.54, 1.807) is 0 Å². The van der Waals surface area contributed by atoms with Gasteiger partial charge in [0.05, 0.1) is 12.5 Å². The molecule has 17 heavy (non-hydrogen) atoms. The minimum atomic E-state index is -0.770. The number of aliphatic carboxylic acids is 1. The molecule has 0 saturated heterocycles. The standard InChI is InChI=1S/C13H25NO3/c1-2-14(8-7-13(16)17)10-12(15)9-11-5-3-4-6-11/h11-12,15H,2-10H2,1H3,(H,16,17). The van der Waals surface area contributed by atoms with Gasteiger partial charge in [0, 0.05) is 13.1 Å². The summed E-state index contributed by atoms with van der Waals surface area (Å²) >= 11 is 0. The largest absolute Gasteiger partial charge is 0.481 e. The minimum Gasteiger partial charge on any atom is -0.481 e. The fraction of sp³-hybridized carbons (Fsp3) is 0.923. The van der Waals surface area contributed by atoms with Crippen molar-refractivity contribution in [2.45, 2.75) is 51.6 Å². The van der Waals surface area contributed by atoms with Crippen LogP contribution in [0, 0.1) is 5.92 Å². The third-order valence-electron chi connectivity index (χ3n) is 3.64. The van der Waals surface area contributed by atoms with Crippen LogP contribution in [0.5, 0.6) is 0 Å². The van der Waals surface area contributed by atoms with Crippen molar-refractivity contribution in [3.63, 3.8) is 0 Å². The first-order valence-electron chi connectivity index (χ1n) is 6.74. The lowest BCUT2D eigenvalue weighted by Crippen LogP contribution is -2.34. The third kappa shape index (κ3) is 6.03. The Morgan fingerprint density at radius 3 is 2.59 bits per heavy atom. The molecule has 1 aliphatic rings. The van der Waals surface area contributed by atoms with Gasteiger partial charge in [-0.2, -0.15) is 0 Å². The highest BCUT2D eigenvalue weighted by molar-refractivity contribution is 5.66. The molecule has 0 bridgehead atoms. The van der Waals surface area contributed by atoms with Gasteiger partial charge < -0.3 is 15.1 Å². The van der Waals surface area contributed by atoms with Gasteiger partial charge in [-0.3, -0.25) is 4.79 Å². The molecular formula is C13H25NO3. The number of carbonyl (C=O) groups is 1. The zero-order valence-corrected chi connectivity index (χ0v) is 10.8. The van der Waals surface area contributed by atoms with Gasteiger partial charge >= 0.3 is 5.97 Å². The lowest BCUT2D eigenvalue weighted by Gasteiger charge is -2.24. The first-order chi connectivity index (χ1) is 8.11. The van der Waals surface area contributed by atoms with Crippen LogP contribution < -0.4 is 0 Å². The second-order valence-corrected chi connectivity index (χ2v) is 5.08. The Morgan fingerprint density at radius 2 is 2.06 bits per heavy atom. The van der Waals surface area contributed by atoms with E-state index >= 15 is 0 Å². The normalized spacial score (nSPS) is 18.8. The number of likely N-dealkylation sites (N-methyl/N-ethyl adjacent to an activating group) is 1. The Balaban J connectivity index is 2.21. The molecule has 0 aliphatic heterocycles. The number of rotatable bonds is 8. The maximum Gasteiger partial charge on any atom is 0.304 e. The third-order valence-corrected chi connectivity index (χ3v) is 3.64. The lowest BCUT2D eigenvalue weighted by atomic mass is 10.00. The van der Waals surface area contributed by atoms with Crippen LogP contribution in [-0.2, 0) is 4.79 Å². The zero-order chi connectivity index (χ0) is 12.7. The van der Waals surface area contributed by atoms with Crippen molar-refractivity contribution in [2.75, 3.05) is 19.6 Å². The molecule has 4 nitrogen and oxygen atoms in total. The molecule has 0 aromatic rings. The molecule has 1 saturated carbocycles. The molecule has 1 unspecified atom stereocenters. The van der Waals surface area contributed by atoms with Crippen molar-refractivity contribution in [2.24, 2.45) is 5.92 Å². The molecule has 0 spiro atoms. The van der Waals surface area contributed by atoms with E-state index < -0.39 is 5.97 Å². The van der Waals surface area contributed by atoms with E-state index in [0.29, 0.717) is 19.0 Å². The summed E-state index contributed by atoms with van der Waals surface area (Å²) < 4.78 is 0. The predicted molar refractivity (Wildman–Crippen MR) is 66.9 cm³/mol. The first kappa shape index (κ1) is 14.5. The van der Waals surface area contributed by atoms with Gasteiger partial charge in [0.1, 0.15) is 0 Å². The van der Waals surface area contributed by atoms with Gasteiger partial charge in [0.25, 0.3) is 0 Å². The molecule has 0 aromatic carbocycles. The van der Waals surface area contributed by atoms with Crippen LogP contribution in [0.25, 0.3) is 0 Å². The van der Waals surface area contributed by atoms with Crippen molar-refractivity contribution in [1.29, 1.82) is 0 Å². The number of carboxylic acid groups (broad SMARTS) is 1. The Labute approximate surface area is 104 Å². The highest BCUT2D eigenvalue weighted by Gasteiger charge is 2.20. The van der Waals surface area contributed by atoms with E-state index in [9.17, 15) is 9.90 Å². The number of hydrogen-bond donors (Lipinski definition) is 2. The quantitative estimate of drug-likeness (QED) is 0.681. The molecule has 0 radical (unpaired) electrons. The van der Waals surface area contributed by atoms with E-state index in [1.165, 1.54) is 25.7 Å². The summed E-state index contributed by atoms with van der Waals surface area (Å²) in [6.45, 7) is 3.95. The summed E-state index contributed by atoms with van der Waals surface area (Å²) in [4.78, 5) is 12.5. The van der Waals surface area contributed by atoms with E-state index in [2.05, 4.69) is 0 Å². The average Bonchev–Trinajstić information content (AvgIpc) is 2.76. The summed E-state index contributed by atoms with van der Waals surface area (Å²) in [5, 5.41) is 18.6. The van der Waals surface area contributed by atoms with Crippen molar-refractivity contribution in [3.05, 3.63) is 0 Å². The Kier molecular flexibility index (Phi) is 6.52. The van der Waals surface area contributed by atoms with Gasteiger partial charge in [-0.25, -0.2) is 0 Å². The number of aliphatic hydroxyl groups is 1. The van der Waals surface area contributed by atoms with Crippen LogP contribution >= 0.6 is 0 Å². The number of carboxylic acids is 1. The molecule has 0 aromatic heterocycles. The van der Waals surface area contributed by atoms with E-state index in [4.69, 9.17) is 5.11 Å². The second-order valence-electron chi connectivity index (χ2n) is 5.08. The highest BCUT2D eigenvalue weighted by atomic mass is 16.4. The van der Waals surface area contributed by atoms with Crippen molar-refractivity contribution in [1.82, 2.24) is 4.90 Å². The van der Waals surface area contributed by atoms with Crippen LogP contribution in [0.15, 0.2) is 0 Å². The monoisotopic (exact) mass is 243 g/mol. The van der Waals surface area contributed by atoms with Gasteiger partial charge in [0.2, 0.25) is 0 Å². The van der Waals surface area contributed by atoms with Gasteiger partial charge in [-0.15, -0.1) is 0 Å². The molecule has 1 fully saturated rings. The van der Waals surface area contributed by atoms with Crippen LogP contribution in [0.3, 0.4) is 0 Å². The van der Waals surface area contributed by atoms with Crippen LogP contribution in [0.1, 0.15) is 45.4 Å². The molecule has 2 N–H and O–H groups in total. The molecule has 4 heteroatoms. The van der Waals surface area contributed by atoms with Crippen molar-refractivity contribution in [3.8, 4) is 0 Å². The fourth-order valence-electron chi connectivity index (χ4n) is 2.64. The van der Waals surface area contributed by atoms with E-state index in [0.717, 1.165) is 13.0 Å². The molecule has 1 atom stereocenters. The number of aliphatic hydroxyl groups excluding tert-OH is 1. The van der Waals surface area contributed by atoms with Crippen molar-refractivity contribution < 1.29 is 15.0 Å². The average molecular weight is 243 g/mol. The first-order valence-corrected chi connectivity index (χ1v) is 6.74. The van der Waals surface area contributed by atoms with Gasteiger partial charge in [-0.05, 0) is 18.9 Å². The summed E-state index contributed by atoms with van der Waals surface area (Å²) in [6, 6.07) is 0. The summed E-state index contributed by atoms with van der Waals surface area (Å²) in [5.74, 6) is -0.0862. The fourth-order valence-corrected chi connectivity index (χ4v) is 2.64. The van der Waals surface area contributed by atoms with Gasteiger partial charge in [0.15, 0.2) is 0 Å². The topological polar surface area (TPSA) is 60.8 Å². The molecular weight excluding hydrogens is 218 g/mol. The van der Waals surface area contributed by atoms with Crippen LogP contribution in [-0.4, -0.2) is 46.8 Å². The number of hydrogen-bond acceptors (Lipinski definition) is 3. The smallest absolute Gasteiger partial charge is 0.304 e. The molecule has 0 amide bonds. The van der Waals surface area contributed by atoms with Crippen LogP contribution in [0.4, 0.5) is 0 Å². The van der Waals surface area contributed by atoms with Crippen molar-refractivity contribution >= 4 is 5.97 Å². The summed E-state index contributed by atoms with van der Waals surface area (Å²) in [5.41, 5.74) is 0. The SMILES string of the molecule is CCN(CCC(=O)O)CC(O)CC1CCCC1. The molecule has 0 heterocycles. The van der Waals surface area contributed by atoms with E-state index in [-0.39, 0.29) is 12.5 Å². The second kappa shape index (κ2) is 7.67. The number of nitrogens with zero attached hydrogens (tertiary/aromatic N) is 1. The van der Waals surface area contributed by atoms with E-state index in [1.807, 2.05) is 11.8 Å².